The van der Waals surface area contributed by atoms with Gasteiger partial charge in [-0.3, -0.25) is 28.8 Å². The highest BCUT2D eigenvalue weighted by Crippen LogP contribution is 2.21. The molecule has 2 aromatic heterocycles. The summed E-state index contributed by atoms with van der Waals surface area (Å²) in [4.78, 5) is 99.5. The number of carbonyl (C=O) groups is 7. The highest BCUT2D eigenvalue weighted by molar-refractivity contribution is 5.97. The second kappa shape index (κ2) is 22.1. The number of nitrogens with two attached hydrogens (primary N) is 2. The van der Waals surface area contributed by atoms with Crippen molar-refractivity contribution in [2.75, 3.05) is 0 Å². The number of benzene rings is 4. The average Bonchev–Trinajstić information content (AvgIpc) is 3.91. The Balaban J connectivity index is 1.25. The number of carboxylic acid groups (broad SMARTS) is 1. The number of phenols is 1. The molecule has 6 aromatic rings. The first-order valence-corrected chi connectivity index (χ1v) is 21.4. The monoisotopic (exact) mass is 899 g/mol. The highest BCUT2D eigenvalue weighted by Gasteiger charge is 2.33. The third-order valence-corrected chi connectivity index (χ3v) is 11.2. The number of para-hydroxylation sites is 2. The smallest absolute Gasteiger partial charge is 0.326 e. The number of fused-ring (bicyclic) bond motifs is 2. The Labute approximate surface area is 379 Å². The molecule has 0 unspecified atom stereocenters. The SMILES string of the molecule is C[C@H](NC(=O)[C@H](Cc1ccccc1)NC(=O)[C@H](Cc1ccc(O)cc1)NC(=O)[C@H](Cc1c[nH]c2ccccc12)NC(=O)[C@@H](N)Cc1c[nH]c2ccccc12)C(=O)N[C@@H](CCC(N)=O)C(=O)O. The molecule has 0 aliphatic carbocycles. The van der Waals surface area contributed by atoms with Crippen molar-refractivity contribution < 1.29 is 43.8 Å². The van der Waals surface area contributed by atoms with Crippen molar-refractivity contribution in [2.45, 2.75) is 81.7 Å². The molecule has 344 valence electrons. The Hall–Kier alpha value is -7.99. The van der Waals surface area contributed by atoms with Gasteiger partial charge in [0.15, 0.2) is 0 Å². The van der Waals surface area contributed by atoms with E-state index in [1.165, 1.54) is 19.1 Å². The number of hydrogen-bond acceptors (Lipinski definition) is 9. The molecule has 18 nitrogen and oxygen atoms in total. The summed E-state index contributed by atoms with van der Waals surface area (Å²) in [7, 11) is 0. The summed E-state index contributed by atoms with van der Waals surface area (Å²) in [5.41, 5.74) is 16.0. The van der Waals surface area contributed by atoms with Gasteiger partial charge in [-0.2, -0.15) is 0 Å². The predicted molar refractivity (Wildman–Crippen MR) is 245 cm³/mol. The lowest BCUT2D eigenvalue weighted by Gasteiger charge is -2.27. The predicted octanol–water partition coefficient (Wildman–Crippen LogP) is 1.75. The third kappa shape index (κ3) is 12.8. The summed E-state index contributed by atoms with van der Waals surface area (Å²) in [5, 5.41) is 34.5. The van der Waals surface area contributed by atoms with Gasteiger partial charge < -0.3 is 58.2 Å². The van der Waals surface area contributed by atoms with Gasteiger partial charge in [-0.05, 0) is 66.3 Å². The number of aromatic amines is 2. The molecular weight excluding hydrogens is 847 g/mol. The summed E-state index contributed by atoms with van der Waals surface area (Å²) >= 11 is 0. The van der Waals surface area contributed by atoms with Crippen LogP contribution in [0.4, 0.5) is 0 Å². The van der Waals surface area contributed by atoms with Crippen LogP contribution in [0.5, 0.6) is 5.75 Å². The number of aliphatic carboxylic acids is 1. The zero-order valence-electron chi connectivity index (χ0n) is 36.1. The number of aromatic hydroxyl groups is 1. The third-order valence-electron chi connectivity index (χ3n) is 11.2. The van der Waals surface area contributed by atoms with E-state index in [9.17, 15) is 43.8 Å². The van der Waals surface area contributed by atoms with Crippen LogP contribution in [0.25, 0.3) is 21.8 Å². The van der Waals surface area contributed by atoms with E-state index in [1.54, 1.807) is 54.9 Å². The first-order chi connectivity index (χ1) is 31.6. The van der Waals surface area contributed by atoms with E-state index in [-0.39, 0.29) is 44.3 Å². The van der Waals surface area contributed by atoms with Gasteiger partial charge in [0.1, 0.15) is 36.0 Å². The molecule has 0 spiro atoms. The van der Waals surface area contributed by atoms with Crippen molar-refractivity contribution in [3.63, 3.8) is 0 Å². The lowest BCUT2D eigenvalue weighted by molar-refractivity contribution is -0.142. The Morgan fingerprint density at radius 3 is 1.55 bits per heavy atom. The van der Waals surface area contributed by atoms with Crippen LogP contribution in [-0.4, -0.2) is 97.8 Å². The number of phenolic OH excluding ortho intramolecular Hbond substituents is 1. The van der Waals surface area contributed by atoms with Crippen LogP contribution in [0.2, 0.25) is 0 Å². The number of aromatic nitrogens is 2. The molecule has 2 heterocycles. The van der Waals surface area contributed by atoms with E-state index in [0.29, 0.717) is 16.7 Å². The van der Waals surface area contributed by atoms with Gasteiger partial charge in [0, 0.05) is 59.9 Å². The number of carbonyl (C=O) groups excluding carboxylic acids is 6. The Bertz CT molecular complexity index is 2680. The van der Waals surface area contributed by atoms with E-state index < -0.39 is 77.7 Å². The quantitative estimate of drug-likeness (QED) is 0.0469. The van der Waals surface area contributed by atoms with E-state index >= 15 is 0 Å². The number of rotatable bonds is 22. The molecular formula is C48H53N9O9. The van der Waals surface area contributed by atoms with Gasteiger partial charge in [0.2, 0.25) is 35.4 Å². The van der Waals surface area contributed by atoms with Crippen LogP contribution in [0.3, 0.4) is 0 Å². The minimum Gasteiger partial charge on any atom is -0.508 e. The van der Waals surface area contributed by atoms with Crippen LogP contribution in [0, 0.1) is 0 Å². The number of carboxylic acids is 1. The van der Waals surface area contributed by atoms with Gasteiger partial charge in [-0.25, -0.2) is 4.79 Å². The molecule has 6 amide bonds. The normalized spacial score (nSPS) is 13.9. The second-order valence-electron chi connectivity index (χ2n) is 16.1. The van der Waals surface area contributed by atoms with Crippen molar-refractivity contribution in [3.8, 4) is 5.75 Å². The van der Waals surface area contributed by atoms with E-state index in [4.69, 9.17) is 11.5 Å². The molecule has 4 aromatic carbocycles. The maximum atomic E-state index is 14.6. The molecule has 66 heavy (non-hydrogen) atoms. The maximum absolute atomic E-state index is 14.6. The van der Waals surface area contributed by atoms with Crippen molar-refractivity contribution >= 4 is 63.2 Å². The maximum Gasteiger partial charge on any atom is 0.326 e. The van der Waals surface area contributed by atoms with Gasteiger partial charge >= 0.3 is 5.97 Å². The number of hydrogen-bond donors (Lipinski definition) is 11. The van der Waals surface area contributed by atoms with E-state index in [2.05, 4.69) is 36.6 Å². The minimum atomic E-state index is -1.46. The fourth-order valence-electron chi connectivity index (χ4n) is 7.54. The lowest BCUT2D eigenvalue weighted by atomic mass is 10.00. The standard InChI is InChI=1S/C48H53N9O9/c1-27(43(60)54-38(48(65)66)19-20-42(50)59)53-45(62)39(21-28-9-3-2-4-10-28)56-46(63)40(22-29-15-17-32(58)18-16-29)57-47(64)41(24-31-26-52-37-14-8-6-12-34(31)37)55-44(61)35(49)23-30-25-51-36-13-7-5-11-33(30)36/h2-18,25-27,35,38-41,51-52,58H,19-24,49H2,1H3,(H2,50,59)(H,53,62)(H,54,60)(H,55,61)(H,56,63)(H,57,64)(H,65,66)/t27-,35-,38-,39-,40-,41-/m0/s1. The van der Waals surface area contributed by atoms with Crippen LogP contribution < -0.4 is 38.1 Å². The summed E-state index contributed by atoms with van der Waals surface area (Å²) in [6.45, 7) is 1.32. The fraction of sp³-hybridized carbons (Fsp3) is 0.271. The second-order valence-corrected chi connectivity index (χ2v) is 16.1. The van der Waals surface area contributed by atoms with Crippen LogP contribution in [0.15, 0.2) is 116 Å². The highest BCUT2D eigenvalue weighted by atomic mass is 16.4. The molecule has 0 bridgehead atoms. The summed E-state index contributed by atoms with van der Waals surface area (Å²) in [5.74, 6) is -6.01. The van der Waals surface area contributed by atoms with E-state index in [0.717, 1.165) is 27.4 Å². The molecule has 0 saturated carbocycles. The van der Waals surface area contributed by atoms with Crippen LogP contribution >= 0.6 is 0 Å². The molecule has 6 atom stereocenters. The van der Waals surface area contributed by atoms with E-state index in [1.807, 2.05) is 48.5 Å². The average molecular weight is 900 g/mol. The van der Waals surface area contributed by atoms with Gasteiger partial charge in [0.25, 0.3) is 0 Å². The summed E-state index contributed by atoms with van der Waals surface area (Å²) in [6, 6.07) is 21.9. The summed E-state index contributed by atoms with van der Waals surface area (Å²) < 4.78 is 0. The van der Waals surface area contributed by atoms with Gasteiger partial charge in [-0.1, -0.05) is 78.9 Å². The molecule has 0 radical (unpaired) electrons. The van der Waals surface area contributed by atoms with Gasteiger partial charge in [-0.15, -0.1) is 0 Å². The Kier molecular flexibility index (Phi) is 15.9. The topological polar surface area (TPSA) is 304 Å². The minimum absolute atomic E-state index is 0.000797. The van der Waals surface area contributed by atoms with Crippen molar-refractivity contribution in [2.24, 2.45) is 11.5 Å². The number of nitrogens with one attached hydrogen (secondary N) is 7. The zero-order valence-corrected chi connectivity index (χ0v) is 36.1. The van der Waals surface area contributed by atoms with Crippen LogP contribution in [-0.2, 0) is 59.2 Å². The summed E-state index contributed by atoms with van der Waals surface area (Å²) in [6.07, 6.45) is 2.92. The van der Waals surface area contributed by atoms with Crippen molar-refractivity contribution in [1.82, 2.24) is 36.6 Å². The Morgan fingerprint density at radius 1 is 0.545 bits per heavy atom. The molecule has 0 aliphatic rings. The number of H-pyrrole nitrogens is 2. The first-order valence-electron chi connectivity index (χ1n) is 21.4. The number of amides is 6. The zero-order chi connectivity index (χ0) is 47.3. The number of primary amides is 1. The van der Waals surface area contributed by atoms with Gasteiger partial charge in [0.05, 0.1) is 6.04 Å². The lowest BCUT2D eigenvalue weighted by Crippen LogP contribution is -2.60. The molecule has 0 aliphatic heterocycles. The van der Waals surface area contributed by atoms with Crippen LogP contribution in [0.1, 0.15) is 42.0 Å². The first kappa shape index (κ1) is 47.5. The largest absolute Gasteiger partial charge is 0.508 e. The molecule has 18 heteroatoms. The molecule has 6 rings (SSSR count). The molecule has 0 fully saturated rings. The van der Waals surface area contributed by atoms with Crippen molar-refractivity contribution in [3.05, 3.63) is 138 Å². The molecule has 0 saturated heterocycles. The Morgan fingerprint density at radius 2 is 1.00 bits per heavy atom. The molecule has 13 N–H and O–H groups in total. The van der Waals surface area contributed by atoms with Crippen molar-refractivity contribution in [1.29, 1.82) is 0 Å². The fourth-order valence-corrected chi connectivity index (χ4v) is 7.54.